The highest BCUT2D eigenvalue weighted by atomic mass is 16.6. The molecule has 7 heteroatoms. The zero-order valence-electron chi connectivity index (χ0n) is 9.28. The fraction of sp³-hybridized carbons (Fsp3) is 0.500. The molecule has 0 spiro atoms. The maximum Gasteiger partial charge on any atom is 0.707 e. The number of fused-ring (bicyclic) bond motifs is 1. The molecule has 17 heavy (non-hydrogen) atoms. The minimum atomic E-state index is -1.80. The van der Waals surface area contributed by atoms with Gasteiger partial charge in [0, 0.05) is 37.7 Å². The van der Waals surface area contributed by atoms with Crippen molar-refractivity contribution in [3.8, 4) is 5.75 Å². The van der Waals surface area contributed by atoms with Crippen LogP contribution >= 0.6 is 0 Å². The van der Waals surface area contributed by atoms with Crippen molar-refractivity contribution >= 4 is 13.0 Å². The van der Waals surface area contributed by atoms with Crippen molar-refractivity contribution in [2.24, 2.45) is 5.92 Å². The van der Waals surface area contributed by atoms with Gasteiger partial charge in [-0.3, -0.25) is 4.98 Å². The van der Waals surface area contributed by atoms with Gasteiger partial charge < -0.3 is 24.9 Å². The van der Waals surface area contributed by atoms with Crippen LogP contribution in [0.4, 0.5) is 5.69 Å². The second-order valence-corrected chi connectivity index (χ2v) is 4.50. The van der Waals surface area contributed by atoms with Crippen molar-refractivity contribution in [3.63, 3.8) is 0 Å². The van der Waals surface area contributed by atoms with E-state index in [1.54, 1.807) is 12.3 Å². The molecule has 1 aromatic rings. The Bertz CT molecular complexity index is 406. The normalized spacial score (nSPS) is 26.4. The van der Waals surface area contributed by atoms with E-state index in [1.165, 1.54) is 6.20 Å². The van der Waals surface area contributed by atoms with Crippen LogP contribution < -0.4 is 14.9 Å². The van der Waals surface area contributed by atoms with Gasteiger partial charge in [0.1, 0.15) is 5.75 Å². The monoisotopic (exact) mass is 235 g/mol. The first-order valence-corrected chi connectivity index (χ1v) is 5.68. The Morgan fingerprint density at radius 1 is 1.41 bits per heavy atom. The van der Waals surface area contributed by atoms with Crippen LogP contribution in [0.15, 0.2) is 18.5 Å². The fourth-order valence-electron chi connectivity index (χ4n) is 2.43. The summed E-state index contributed by atoms with van der Waals surface area (Å²) in [4.78, 5) is 6.28. The van der Waals surface area contributed by atoms with Gasteiger partial charge in [0.05, 0.1) is 18.1 Å². The van der Waals surface area contributed by atoms with Gasteiger partial charge in [-0.1, -0.05) is 0 Å². The molecule has 0 saturated carbocycles. The average Bonchev–Trinajstić information content (AvgIpc) is 2.54. The molecule has 0 aliphatic carbocycles. The average molecular weight is 235 g/mol. The largest absolute Gasteiger partial charge is 0.707 e. The smallest absolute Gasteiger partial charge is 0.511 e. The van der Waals surface area contributed by atoms with Crippen LogP contribution in [0.1, 0.15) is 0 Å². The first kappa shape index (κ1) is 10.8. The van der Waals surface area contributed by atoms with E-state index in [0.29, 0.717) is 11.8 Å². The van der Waals surface area contributed by atoms with Crippen LogP contribution in [-0.4, -0.2) is 48.0 Å². The summed E-state index contributed by atoms with van der Waals surface area (Å²) in [5, 5.41) is 20.9. The molecule has 90 valence electrons. The van der Waals surface area contributed by atoms with Crippen LogP contribution in [0.2, 0.25) is 0 Å². The third kappa shape index (κ3) is 2.09. The van der Waals surface area contributed by atoms with Crippen molar-refractivity contribution in [1.29, 1.82) is 0 Å². The molecule has 0 radical (unpaired) electrons. The van der Waals surface area contributed by atoms with E-state index in [4.69, 9.17) is 14.7 Å². The molecule has 0 amide bonds. The van der Waals surface area contributed by atoms with Gasteiger partial charge in [-0.2, -0.15) is 0 Å². The minimum Gasteiger partial charge on any atom is -0.511 e. The van der Waals surface area contributed by atoms with Crippen LogP contribution in [-0.2, 0) is 0 Å². The van der Waals surface area contributed by atoms with Gasteiger partial charge in [0.25, 0.3) is 0 Å². The Morgan fingerprint density at radius 3 is 2.88 bits per heavy atom. The SMILES string of the molecule is OB(O)Oc1cncc(N2C[C@@H]3CN[C@@H]3C2)c1. The second kappa shape index (κ2) is 4.17. The second-order valence-electron chi connectivity index (χ2n) is 4.50. The van der Waals surface area contributed by atoms with E-state index >= 15 is 0 Å². The topological polar surface area (TPSA) is 77.8 Å². The summed E-state index contributed by atoms with van der Waals surface area (Å²) in [6.45, 7) is 3.07. The zero-order valence-corrected chi connectivity index (χ0v) is 9.28. The Hall–Kier alpha value is -1.31. The molecule has 2 fully saturated rings. The van der Waals surface area contributed by atoms with Crippen LogP contribution in [0.5, 0.6) is 5.75 Å². The third-order valence-corrected chi connectivity index (χ3v) is 3.39. The molecule has 3 N–H and O–H groups in total. The Morgan fingerprint density at radius 2 is 2.29 bits per heavy atom. The van der Waals surface area contributed by atoms with Gasteiger partial charge in [-0.05, 0) is 0 Å². The van der Waals surface area contributed by atoms with Crippen molar-refractivity contribution in [2.75, 3.05) is 24.5 Å². The van der Waals surface area contributed by atoms with Crippen molar-refractivity contribution in [2.45, 2.75) is 6.04 Å². The van der Waals surface area contributed by atoms with E-state index < -0.39 is 7.32 Å². The summed E-state index contributed by atoms with van der Waals surface area (Å²) in [5.41, 5.74) is 0.958. The van der Waals surface area contributed by atoms with Crippen molar-refractivity contribution < 1.29 is 14.7 Å². The molecule has 0 aromatic carbocycles. The maximum atomic E-state index is 8.74. The highest BCUT2D eigenvalue weighted by Crippen LogP contribution is 2.29. The molecule has 1 aromatic heterocycles. The number of aromatic nitrogens is 1. The van der Waals surface area contributed by atoms with E-state index in [2.05, 4.69) is 15.2 Å². The maximum absolute atomic E-state index is 8.74. The van der Waals surface area contributed by atoms with E-state index in [9.17, 15) is 0 Å². The van der Waals surface area contributed by atoms with Crippen molar-refractivity contribution in [1.82, 2.24) is 10.3 Å². The number of nitrogens with zero attached hydrogens (tertiary/aromatic N) is 2. The Balaban J connectivity index is 1.74. The van der Waals surface area contributed by atoms with Crippen LogP contribution in [0.3, 0.4) is 0 Å². The molecule has 0 unspecified atom stereocenters. The summed E-state index contributed by atoms with van der Waals surface area (Å²) < 4.78 is 4.79. The first-order valence-electron chi connectivity index (χ1n) is 5.68. The molecule has 6 nitrogen and oxygen atoms in total. The summed E-state index contributed by atoms with van der Waals surface area (Å²) in [5.74, 6) is 1.09. The van der Waals surface area contributed by atoms with E-state index in [0.717, 1.165) is 31.2 Å². The standard InChI is InChI=1S/C10H14BN3O3/c15-11(16)17-9-1-8(3-12-4-9)14-5-7-2-13-10(7)6-14/h1,3-4,7,10,13,15-16H,2,5-6H2/t7-,10+/m0/s1. The number of pyridine rings is 1. The number of hydrogen-bond donors (Lipinski definition) is 3. The lowest BCUT2D eigenvalue weighted by molar-refractivity contribution is 0.287. The molecule has 0 bridgehead atoms. The summed E-state index contributed by atoms with van der Waals surface area (Å²) in [6.07, 6.45) is 3.23. The molecule has 2 saturated heterocycles. The molecule has 3 heterocycles. The van der Waals surface area contributed by atoms with Crippen LogP contribution in [0.25, 0.3) is 0 Å². The van der Waals surface area contributed by atoms with Crippen molar-refractivity contribution in [3.05, 3.63) is 18.5 Å². The zero-order chi connectivity index (χ0) is 11.8. The predicted molar refractivity (Wildman–Crippen MR) is 62.6 cm³/mol. The van der Waals surface area contributed by atoms with Gasteiger partial charge in [-0.25, -0.2) is 0 Å². The molecular formula is C10H14BN3O3. The lowest BCUT2D eigenvalue weighted by Crippen LogP contribution is -2.51. The fourth-order valence-corrected chi connectivity index (χ4v) is 2.43. The molecular weight excluding hydrogens is 221 g/mol. The number of hydrogen-bond acceptors (Lipinski definition) is 6. The third-order valence-electron chi connectivity index (χ3n) is 3.39. The van der Waals surface area contributed by atoms with Gasteiger partial charge in [-0.15, -0.1) is 0 Å². The Labute approximate surface area is 99.4 Å². The van der Waals surface area contributed by atoms with Gasteiger partial charge in [0.15, 0.2) is 0 Å². The summed E-state index contributed by atoms with van der Waals surface area (Å²) >= 11 is 0. The molecule has 2 atom stereocenters. The summed E-state index contributed by atoms with van der Waals surface area (Å²) in [7, 11) is -1.80. The van der Waals surface area contributed by atoms with Gasteiger partial charge >= 0.3 is 7.32 Å². The molecule has 2 aliphatic rings. The minimum absolute atomic E-state index is 0.365. The lowest BCUT2D eigenvalue weighted by Gasteiger charge is -2.29. The van der Waals surface area contributed by atoms with E-state index in [-0.39, 0.29) is 0 Å². The predicted octanol–water partition coefficient (Wildman–Crippen LogP) is -1.16. The molecule has 2 aliphatic heterocycles. The number of anilines is 1. The Kier molecular flexibility index (Phi) is 2.66. The van der Waals surface area contributed by atoms with Crippen LogP contribution in [0, 0.1) is 5.92 Å². The van der Waals surface area contributed by atoms with E-state index in [1.807, 2.05) is 0 Å². The number of rotatable bonds is 3. The molecule has 3 rings (SSSR count). The highest BCUT2D eigenvalue weighted by Gasteiger charge is 2.39. The first-order chi connectivity index (χ1) is 8.22. The lowest BCUT2D eigenvalue weighted by atomic mass is 9.96. The number of nitrogens with one attached hydrogen (secondary N) is 1. The summed E-state index contributed by atoms with van der Waals surface area (Å²) in [6, 6.07) is 2.36. The highest BCUT2D eigenvalue weighted by molar-refractivity contribution is 6.33. The van der Waals surface area contributed by atoms with Gasteiger partial charge in [0.2, 0.25) is 0 Å². The quantitative estimate of drug-likeness (QED) is 0.573.